The number of pyridine rings is 1. The summed E-state index contributed by atoms with van der Waals surface area (Å²) in [6, 6.07) is 169. The maximum Gasteiger partial charge on any atom is 0.235 e. The van der Waals surface area contributed by atoms with Gasteiger partial charge in [-0.05, 0) is 163 Å². The van der Waals surface area contributed by atoms with Crippen LogP contribution in [0.5, 0.6) is 0 Å². The van der Waals surface area contributed by atoms with Crippen LogP contribution in [0.1, 0.15) is 0 Å². The van der Waals surface area contributed by atoms with Crippen molar-refractivity contribution < 1.29 is 13.3 Å². The summed E-state index contributed by atoms with van der Waals surface area (Å²) in [5.74, 6) is 2.10. The van der Waals surface area contributed by atoms with E-state index in [1.165, 1.54) is 38.0 Å². The molecule has 14 heteroatoms. The zero-order valence-corrected chi connectivity index (χ0v) is 78.8. The summed E-state index contributed by atoms with van der Waals surface area (Å²) in [7, 11) is 0. The molecule has 0 saturated carbocycles. The van der Waals surface area contributed by atoms with Crippen molar-refractivity contribution in [3.05, 3.63) is 479 Å². The van der Waals surface area contributed by atoms with Crippen LogP contribution in [-0.2, 0) is 0 Å². The first-order chi connectivity index (χ1) is 72.9. The van der Waals surface area contributed by atoms with Crippen molar-refractivity contribution in [2.75, 3.05) is 0 Å². The maximum absolute atomic E-state index is 6.75. The predicted molar refractivity (Wildman–Crippen MR) is 605 cm³/mol. The Morgan fingerprint density at radius 2 is 0.435 bits per heavy atom. The summed E-state index contributed by atoms with van der Waals surface area (Å²) in [5, 5.41) is 23.8. The Labute approximate surface area is 836 Å². The van der Waals surface area contributed by atoms with Gasteiger partial charge in [0.15, 0.2) is 16.7 Å². The number of benzene rings is 21. The van der Waals surface area contributed by atoms with Crippen LogP contribution in [0.25, 0.3) is 298 Å². The van der Waals surface area contributed by atoms with E-state index in [1.807, 2.05) is 54.6 Å². The third kappa shape index (κ3) is 12.5. The third-order valence-corrected chi connectivity index (χ3v) is 29.9. The fraction of sp³-hybridized carbons (Fsp3) is 0. The molecule has 0 amide bonds. The van der Waals surface area contributed by atoms with Gasteiger partial charge in [0.2, 0.25) is 11.9 Å². The van der Waals surface area contributed by atoms with E-state index in [0.29, 0.717) is 11.9 Å². The van der Waals surface area contributed by atoms with Crippen molar-refractivity contribution in [2.45, 2.75) is 0 Å². The molecule has 0 saturated heterocycles. The minimum absolute atomic E-state index is 0.604. The van der Waals surface area contributed by atoms with Crippen molar-refractivity contribution in [1.29, 1.82) is 0 Å². The first kappa shape index (κ1) is 81.7. The van der Waals surface area contributed by atoms with Gasteiger partial charge >= 0.3 is 0 Å². The number of hydrogen-bond acceptors (Lipinski definition) is 8. The Hall–Kier alpha value is -20.1. The molecule has 12 aromatic heterocycles. The SMILES string of the molecule is c1ccc(-c2cc(-n3c4cc5c(cc4c4ccc6c7ccccc7oc6c43)c3ccccc3n5-c3ccccc3)nc3ccccc23)cc1.c1ccc(-c2nc(-n3c4cc5c(cc4c4ccc6c7ccccc7oc6c43)c3ccccc3n5-c3ccccc3)nc3ccccc23)cc1.c1ccc(-c2nc(-n3c4ccccc4c4cc5c6ccc7c8ccccc8oc7c6n(-c6ccccc6)c5cc43)nc3ccccc23)cc1. The number of fused-ring (bicyclic) bond motifs is 33. The van der Waals surface area contributed by atoms with Crippen LogP contribution in [0.3, 0.4) is 0 Å². The van der Waals surface area contributed by atoms with E-state index >= 15 is 0 Å². The molecule has 12 heterocycles. The number of para-hydroxylation sites is 12. The van der Waals surface area contributed by atoms with E-state index < -0.39 is 0 Å². The highest BCUT2D eigenvalue weighted by Crippen LogP contribution is 2.50. The van der Waals surface area contributed by atoms with Gasteiger partial charge in [-0.15, -0.1) is 0 Å². The van der Waals surface area contributed by atoms with Crippen LogP contribution in [0, 0.1) is 0 Å². The Kier molecular flexibility index (Phi) is 17.9. The highest BCUT2D eigenvalue weighted by atomic mass is 16.3. The summed E-state index contributed by atoms with van der Waals surface area (Å²) in [6.07, 6.45) is 0. The summed E-state index contributed by atoms with van der Waals surface area (Å²) < 4.78 is 34.0. The number of nitrogens with zero attached hydrogens (tertiary/aromatic N) is 11. The number of rotatable bonds is 9. The molecule has 0 aliphatic carbocycles. The molecule has 0 fully saturated rings. The zero-order chi connectivity index (χ0) is 96.2. The second kappa shape index (κ2) is 32.2. The van der Waals surface area contributed by atoms with Crippen LogP contribution in [0.15, 0.2) is 492 Å². The summed E-state index contributed by atoms with van der Waals surface area (Å²) >= 11 is 0. The van der Waals surface area contributed by atoms with E-state index in [-0.39, 0.29) is 0 Å². The highest BCUT2D eigenvalue weighted by Gasteiger charge is 2.30. The molecule has 0 aliphatic heterocycles. The largest absolute Gasteiger partial charge is 0.454 e. The van der Waals surface area contributed by atoms with Gasteiger partial charge in [0.1, 0.15) is 28.1 Å². The minimum Gasteiger partial charge on any atom is -0.454 e. The minimum atomic E-state index is 0.604. The molecule has 0 atom stereocenters. The molecule has 0 spiro atoms. The Morgan fingerprint density at radius 3 is 0.857 bits per heavy atom. The summed E-state index contributed by atoms with van der Waals surface area (Å²) in [6.45, 7) is 0. The fourth-order valence-corrected chi connectivity index (χ4v) is 23.5. The van der Waals surface area contributed by atoms with Gasteiger partial charge in [0, 0.05) is 141 Å². The molecule has 684 valence electrons. The average molecular weight is 1880 g/mol. The second-order valence-corrected chi connectivity index (χ2v) is 38.0. The first-order valence-corrected chi connectivity index (χ1v) is 49.7. The molecule has 21 aromatic carbocycles. The van der Waals surface area contributed by atoms with E-state index in [9.17, 15) is 0 Å². The Morgan fingerprint density at radius 1 is 0.156 bits per heavy atom. The highest BCUT2D eigenvalue weighted by molar-refractivity contribution is 6.29. The van der Waals surface area contributed by atoms with Gasteiger partial charge < -0.3 is 27.0 Å². The normalized spacial score (nSPS) is 12.1. The molecule has 0 unspecified atom stereocenters. The molecular formula is C133H79N11O3. The smallest absolute Gasteiger partial charge is 0.235 e. The van der Waals surface area contributed by atoms with Gasteiger partial charge in [-0.2, -0.15) is 0 Å². The summed E-state index contributed by atoms with van der Waals surface area (Å²) in [5.41, 5.74) is 30.5. The lowest BCUT2D eigenvalue weighted by Gasteiger charge is -2.13. The Balaban J connectivity index is 0.0000000999. The molecule has 14 nitrogen and oxygen atoms in total. The maximum atomic E-state index is 6.75. The molecular weight excluding hydrogens is 1800 g/mol. The molecule has 0 aliphatic rings. The molecule has 0 N–H and O–H groups in total. The quantitative estimate of drug-likeness (QED) is 0.139. The van der Waals surface area contributed by atoms with Crippen molar-refractivity contribution >= 4 is 229 Å². The lowest BCUT2D eigenvalue weighted by atomic mass is 10.0. The van der Waals surface area contributed by atoms with Gasteiger partial charge in [0.05, 0.1) is 88.6 Å². The zero-order valence-electron chi connectivity index (χ0n) is 78.8. The monoisotopic (exact) mass is 1880 g/mol. The fourth-order valence-electron chi connectivity index (χ4n) is 23.5. The van der Waals surface area contributed by atoms with E-state index in [1.54, 1.807) is 0 Å². The van der Waals surface area contributed by atoms with Gasteiger partial charge in [-0.3, -0.25) is 13.7 Å². The van der Waals surface area contributed by atoms with E-state index in [4.69, 9.17) is 38.2 Å². The van der Waals surface area contributed by atoms with Crippen LogP contribution >= 0.6 is 0 Å². The summed E-state index contributed by atoms with van der Waals surface area (Å²) in [4.78, 5) is 26.6. The third-order valence-electron chi connectivity index (χ3n) is 29.9. The predicted octanol–water partition coefficient (Wildman–Crippen LogP) is 34.8. The average Bonchev–Trinajstić information content (AvgIpc) is 1.54. The van der Waals surface area contributed by atoms with Crippen molar-refractivity contribution in [1.82, 2.24) is 52.3 Å². The number of hydrogen-bond donors (Lipinski definition) is 0. The van der Waals surface area contributed by atoms with Gasteiger partial charge in [-0.1, -0.05) is 328 Å². The molecule has 0 bridgehead atoms. The van der Waals surface area contributed by atoms with E-state index in [0.717, 1.165) is 248 Å². The number of aromatic nitrogens is 11. The molecule has 33 aromatic rings. The lowest BCUT2D eigenvalue weighted by molar-refractivity contribution is 0.670. The standard InChI is InChI=1S/C45H27N3O.2C44H26N4O/c1-3-13-28(14-4-1)35-26-43(46-38-20-10-7-17-30(35)38)48-41-27-40-36(31-18-8-11-21-39(31)47(40)29-15-5-2-6-16-29)25-37(41)33-23-24-34-32-19-9-12-22-42(32)49-45(34)44(33)48;1-3-13-27(14-4-1)41-33-19-7-10-20-36(33)45-44(46-41)48-37-21-11-8-17-29(37)34-25-35-31-23-24-32-30-18-9-12-22-40(30)49-43(32)42(31)47(38(35)26-39(34)48)28-15-5-2-6-16-28;1-3-13-27(14-4-1)41-33-19-7-10-20-36(33)45-44(46-41)48-39-26-38-34(29-17-8-11-21-37(29)47(38)28-15-5-2-6-16-28)25-35(39)31-23-24-32-30-18-9-12-22-40(30)49-43(32)42(31)48/h1-27H;2*1-26H. The van der Waals surface area contributed by atoms with Gasteiger partial charge in [0.25, 0.3) is 0 Å². The van der Waals surface area contributed by atoms with Crippen LogP contribution < -0.4 is 0 Å². The second-order valence-electron chi connectivity index (χ2n) is 38.0. The first-order valence-electron chi connectivity index (χ1n) is 49.7. The van der Waals surface area contributed by atoms with Gasteiger partial charge in [-0.25, -0.2) is 24.9 Å². The van der Waals surface area contributed by atoms with Crippen LogP contribution in [-0.4, -0.2) is 52.3 Å². The molecule has 0 radical (unpaired) electrons. The van der Waals surface area contributed by atoms with Crippen molar-refractivity contribution in [3.63, 3.8) is 0 Å². The Bertz CT molecular complexity index is 10900. The molecule has 147 heavy (non-hydrogen) atoms. The molecule has 33 rings (SSSR count). The number of furan rings is 3. The van der Waals surface area contributed by atoms with Crippen LogP contribution in [0.4, 0.5) is 0 Å². The lowest BCUT2D eigenvalue weighted by Crippen LogP contribution is -2.04. The topological polar surface area (TPSA) is 133 Å². The van der Waals surface area contributed by atoms with Crippen LogP contribution in [0.2, 0.25) is 0 Å². The van der Waals surface area contributed by atoms with Crippen molar-refractivity contribution in [3.8, 4) is 68.4 Å². The van der Waals surface area contributed by atoms with E-state index in [2.05, 4.69) is 452 Å². The van der Waals surface area contributed by atoms with Crippen molar-refractivity contribution in [2.24, 2.45) is 0 Å².